The van der Waals surface area contributed by atoms with E-state index in [1.165, 1.54) is 0 Å². The topological polar surface area (TPSA) is 77.4 Å². The van der Waals surface area contributed by atoms with E-state index < -0.39 is 42.4 Å². The van der Waals surface area contributed by atoms with Gasteiger partial charge in [-0.3, -0.25) is 0 Å². The molecule has 6 nitrogen and oxygen atoms in total. The molecule has 2 aromatic rings. The second kappa shape index (κ2) is 8.90. The van der Waals surface area contributed by atoms with E-state index in [1.54, 1.807) is 0 Å². The Balaban J connectivity index is 1.29. The number of hydrogen-bond acceptors (Lipinski definition) is 6. The molecule has 1 heterocycles. The van der Waals surface area contributed by atoms with Crippen LogP contribution in [0.2, 0.25) is 0 Å². The number of aliphatic hydroxyl groups is 2. The van der Waals surface area contributed by atoms with Crippen molar-refractivity contribution in [2.75, 3.05) is 0 Å². The molecule has 1 unspecified atom stereocenters. The Bertz CT molecular complexity index is 1060. The van der Waals surface area contributed by atoms with Crippen molar-refractivity contribution in [3.8, 4) is 0 Å². The Morgan fingerprint density at radius 3 is 1.86 bits per heavy atom. The van der Waals surface area contributed by atoms with Gasteiger partial charge < -0.3 is 29.2 Å². The quantitative estimate of drug-likeness (QED) is 0.626. The molecular weight excluding hydrogens is 456 g/mol. The fraction of sp³-hybridized carbons (Fsp3) is 0.600. The molecule has 3 aliphatic carbocycles. The fourth-order valence-corrected chi connectivity index (χ4v) is 7.35. The number of fused-ring (bicyclic) bond motifs is 4. The summed E-state index contributed by atoms with van der Waals surface area (Å²) in [5.74, 6) is -0.295. The Kier molecular flexibility index (Phi) is 6.06. The van der Waals surface area contributed by atoms with Gasteiger partial charge in [0, 0.05) is 11.8 Å². The highest BCUT2D eigenvalue weighted by molar-refractivity contribution is 5.20. The highest BCUT2D eigenvalue weighted by atomic mass is 16.8. The second-order valence-corrected chi connectivity index (χ2v) is 11.9. The normalized spacial score (nSPS) is 42.6. The van der Waals surface area contributed by atoms with Crippen molar-refractivity contribution in [2.45, 2.75) is 95.7 Å². The summed E-state index contributed by atoms with van der Waals surface area (Å²) in [7, 11) is 0. The first-order chi connectivity index (χ1) is 17.3. The highest BCUT2D eigenvalue weighted by Crippen LogP contribution is 2.73. The molecule has 1 saturated heterocycles. The Morgan fingerprint density at radius 1 is 0.778 bits per heavy atom. The number of hydrogen-bond donors (Lipinski definition) is 2. The molecular formula is C30H38O6. The van der Waals surface area contributed by atoms with E-state index in [0.717, 1.165) is 30.4 Å². The van der Waals surface area contributed by atoms with Gasteiger partial charge in [-0.2, -0.15) is 0 Å². The lowest BCUT2D eigenvalue weighted by molar-refractivity contribution is -0.258. The van der Waals surface area contributed by atoms with E-state index in [1.807, 2.05) is 60.7 Å². The Labute approximate surface area is 213 Å². The first kappa shape index (κ1) is 24.5. The minimum Gasteiger partial charge on any atom is -0.387 e. The van der Waals surface area contributed by atoms with Gasteiger partial charge in [0.05, 0.1) is 13.2 Å². The summed E-state index contributed by atoms with van der Waals surface area (Å²) in [6, 6.07) is 19.7. The molecule has 6 heteroatoms. The maximum atomic E-state index is 11.5. The third-order valence-corrected chi connectivity index (χ3v) is 10.0. The van der Waals surface area contributed by atoms with Crippen LogP contribution in [0.15, 0.2) is 60.7 Å². The molecule has 2 aromatic carbocycles. The van der Waals surface area contributed by atoms with Crippen LogP contribution in [-0.2, 0) is 32.2 Å². The highest BCUT2D eigenvalue weighted by Gasteiger charge is 2.75. The fourth-order valence-electron chi connectivity index (χ4n) is 7.35. The average Bonchev–Trinajstić information content (AvgIpc) is 3.42. The predicted molar refractivity (Wildman–Crippen MR) is 134 cm³/mol. The summed E-state index contributed by atoms with van der Waals surface area (Å²) in [6.45, 7) is 7.50. The van der Waals surface area contributed by atoms with Crippen molar-refractivity contribution < 1.29 is 29.2 Å². The van der Waals surface area contributed by atoms with E-state index in [0.29, 0.717) is 12.5 Å². The van der Waals surface area contributed by atoms with Crippen molar-refractivity contribution in [1.82, 2.24) is 0 Å². The van der Waals surface area contributed by atoms with Crippen LogP contribution in [0.1, 0.15) is 51.2 Å². The lowest BCUT2D eigenvalue weighted by Crippen LogP contribution is -2.63. The maximum absolute atomic E-state index is 11.5. The standard InChI is InChI=1S/C30H38O6/c1-28(2)21-14-15-29(28,3)30(16-21)35-26-23(32)24(33-17-19-10-6-4-7-11-19)22(31)25(27(26)36-30)34-18-20-12-8-5-9-13-20/h4-13,21-27,31-32H,14-18H2,1-3H3/t21-,22+,23-,24+,25-,26-,27+,29-,30?/m1/s1. The number of ether oxygens (including phenoxy) is 4. The van der Waals surface area contributed by atoms with Crippen LogP contribution in [0.5, 0.6) is 0 Å². The van der Waals surface area contributed by atoms with Crippen molar-refractivity contribution in [1.29, 1.82) is 0 Å². The van der Waals surface area contributed by atoms with E-state index in [-0.39, 0.29) is 17.4 Å². The third-order valence-electron chi connectivity index (χ3n) is 10.0. The molecule has 9 atom stereocenters. The van der Waals surface area contributed by atoms with Gasteiger partial charge in [-0.05, 0) is 35.3 Å². The second-order valence-electron chi connectivity index (χ2n) is 11.9. The zero-order valence-corrected chi connectivity index (χ0v) is 21.4. The number of aliphatic hydroxyl groups excluding tert-OH is 2. The van der Waals surface area contributed by atoms with Crippen molar-refractivity contribution in [3.05, 3.63) is 71.8 Å². The number of benzene rings is 2. The molecule has 0 radical (unpaired) electrons. The van der Waals surface area contributed by atoms with Gasteiger partial charge in [0.2, 0.25) is 0 Å². The first-order valence-corrected chi connectivity index (χ1v) is 13.3. The van der Waals surface area contributed by atoms with Gasteiger partial charge in [-0.15, -0.1) is 0 Å². The van der Waals surface area contributed by atoms with Crippen LogP contribution in [0, 0.1) is 16.7 Å². The molecule has 4 aliphatic rings. The van der Waals surface area contributed by atoms with Crippen LogP contribution in [0.4, 0.5) is 0 Å². The molecule has 0 amide bonds. The van der Waals surface area contributed by atoms with Crippen LogP contribution in [-0.4, -0.2) is 52.6 Å². The van der Waals surface area contributed by atoms with Crippen LogP contribution in [0.25, 0.3) is 0 Å². The molecule has 1 spiro atoms. The molecule has 1 aliphatic heterocycles. The summed E-state index contributed by atoms with van der Waals surface area (Å²) in [5, 5.41) is 23.0. The molecule has 0 aromatic heterocycles. The van der Waals surface area contributed by atoms with Crippen molar-refractivity contribution in [3.63, 3.8) is 0 Å². The average molecular weight is 495 g/mol. The zero-order chi connectivity index (χ0) is 25.1. The molecule has 2 bridgehead atoms. The van der Waals surface area contributed by atoms with E-state index in [2.05, 4.69) is 20.8 Å². The minimum atomic E-state index is -1.06. The van der Waals surface area contributed by atoms with Crippen molar-refractivity contribution in [2.24, 2.45) is 16.7 Å². The summed E-state index contributed by atoms with van der Waals surface area (Å²) in [4.78, 5) is 0. The van der Waals surface area contributed by atoms with Crippen LogP contribution in [0.3, 0.4) is 0 Å². The molecule has 6 rings (SSSR count). The molecule has 3 saturated carbocycles. The van der Waals surface area contributed by atoms with Gasteiger partial charge in [0.25, 0.3) is 0 Å². The summed E-state index contributed by atoms with van der Waals surface area (Å²) in [6.07, 6.45) is -1.88. The monoisotopic (exact) mass is 494 g/mol. The minimum absolute atomic E-state index is 0.0632. The van der Waals surface area contributed by atoms with Gasteiger partial charge >= 0.3 is 0 Å². The third kappa shape index (κ3) is 3.61. The van der Waals surface area contributed by atoms with Gasteiger partial charge in [0.1, 0.15) is 36.6 Å². The van der Waals surface area contributed by atoms with Gasteiger partial charge in [-0.1, -0.05) is 81.4 Å². The zero-order valence-electron chi connectivity index (χ0n) is 21.4. The summed E-state index contributed by atoms with van der Waals surface area (Å²) in [5.41, 5.74) is 1.86. The largest absolute Gasteiger partial charge is 0.387 e. The van der Waals surface area contributed by atoms with Crippen molar-refractivity contribution >= 4 is 0 Å². The Morgan fingerprint density at radius 2 is 1.33 bits per heavy atom. The lowest BCUT2D eigenvalue weighted by Gasteiger charge is -2.45. The van der Waals surface area contributed by atoms with Gasteiger partial charge in [-0.25, -0.2) is 0 Å². The number of rotatable bonds is 6. The summed E-state index contributed by atoms with van der Waals surface area (Å²) < 4.78 is 26.1. The molecule has 4 fully saturated rings. The SMILES string of the molecule is CC1(C)[C@@H]2CC[C@@]1(C)C1(C2)O[C@@H]2[C@H](O1)[C@H](O)[C@@H](OCc1ccccc1)[C@H](O)[C@H]2OCc1ccccc1. The van der Waals surface area contributed by atoms with E-state index in [9.17, 15) is 10.2 Å². The summed E-state index contributed by atoms with van der Waals surface area (Å²) >= 11 is 0. The van der Waals surface area contributed by atoms with Crippen LogP contribution < -0.4 is 0 Å². The first-order valence-electron chi connectivity index (χ1n) is 13.3. The molecule has 36 heavy (non-hydrogen) atoms. The molecule has 2 N–H and O–H groups in total. The van der Waals surface area contributed by atoms with E-state index in [4.69, 9.17) is 18.9 Å². The maximum Gasteiger partial charge on any atom is 0.175 e. The lowest BCUT2D eigenvalue weighted by atomic mass is 9.68. The Hall–Kier alpha value is -1.80. The molecule has 194 valence electrons. The van der Waals surface area contributed by atoms with Gasteiger partial charge in [0.15, 0.2) is 5.79 Å². The van der Waals surface area contributed by atoms with E-state index >= 15 is 0 Å². The predicted octanol–water partition coefficient (Wildman–Crippen LogP) is 4.22. The van der Waals surface area contributed by atoms with Crippen LogP contribution >= 0.6 is 0 Å². The smallest absolute Gasteiger partial charge is 0.175 e.